The van der Waals surface area contributed by atoms with Crippen molar-refractivity contribution < 1.29 is 4.79 Å². The summed E-state index contributed by atoms with van der Waals surface area (Å²) in [5.41, 5.74) is 5.88. The van der Waals surface area contributed by atoms with E-state index in [1.807, 2.05) is 25.7 Å². The predicted molar refractivity (Wildman–Crippen MR) is 67.0 cm³/mol. The molecule has 1 rings (SSSR count). The summed E-state index contributed by atoms with van der Waals surface area (Å²) in [4.78, 5) is 14.2. The van der Waals surface area contributed by atoms with Crippen molar-refractivity contribution in [1.82, 2.24) is 4.90 Å². The lowest BCUT2D eigenvalue weighted by Crippen LogP contribution is -2.54. The van der Waals surface area contributed by atoms with Crippen LogP contribution in [0.5, 0.6) is 0 Å². The van der Waals surface area contributed by atoms with Crippen LogP contribution in [0.25, 0.3) is 0 Å². The van der Waals surface area contributed by atoms with Gasteiger partial charge in [-0.15, -0.1) is 0 Å². The molecule has 2 N–H and O–H groups in total. The second-order valence-electron chi connectivity index (χ2n) is 6.35. The van der Waals surface area contributed by atoms with E-state index < -0.39 is 0 Å². The van der Waals surface area contributed by atoms with Gasteiger partial charge in [-0.2, -0.15) is 0 Å². The summed E-state index contributed by atoms with van der Waals surface area (Å²) in [6.45, 7) is 11.3. The Bertz CT molecular complexity index is 257. The Morgan fingerprint density at radius 1 is 1.38 bits per heavy atom. The summed E-state index contributed by atoms with van der Waals surface area (Å²) < 4.78 is 0. The van der Waals surface area contributed by atoms with Crippen LogP contribution >= 0.6 is 0 Å². The van der Waals surface area contributed by atoms with Crippen LogP contribution in [-0.4, -0.2) is 29.4 Å². The molecule has 0 aromatic rings. The zero-order valence-electron chi connectivity index (χ0n) is 11.3. The molecule has 0 bridgehead atoms. The lowest BCUT2D eigenvalue weighted by molar-refractivity contribution is -0.138. The van der Waals surface area contributed by atoms with Gasteiger partial charge in [0, 0.05) is 12.6 Å². The number of likely N-dealkylation sites (tertiary alicyclic amines) is 1. The highest BCUT2D eigenvalue weighted by atomic mass is 16.2. The largest absolute Gasteiger partial charge is 0.339 e. The molecule has 3 heteroatoms. The SMILES string of the molecule is CC1CCN(C(=O)[C@@H](N)C(C)(C)C)C(C)C1. The third kappa shape index (κ3) is 2.97. The summed E-state index contributed by atoms with van der Waals surface area (Å²) in [5.74, 6) is 0.844. The van der Waals surface area contributed by atoms with E-state index in [2.05, 4.69) is 13.8 Å². The fourth-order valence-corrected chi connectivity index (χ4v) is 2.28. The highest BCUT2D eigenvalue weighted by Crippen LogP contribution is 2.25. The fourth-order valence-electron chi connectivity index (χ4n) is 2.28. The van der Waals surface area contributed by atoms with E-state index in [4.69, 9.17) is 5.73 Å². The molecule has 1 heterocycles. The van der Waals surface area contributed by atoms with Crippen molar-refractivity contribution in [3.63, 3.8) is 0 Å². The Labute approximate surface area is 99.4 Å². The molecule has 1 amide bonds. The number of hydrogen-bond acceptors (Lipinski definition) is 2. The van der Waals surface area contributed by atoms with Crippen molar-refractivity contribution >= 4 is 5.91 Å². The van der Waals surface area contributed by atoms with Crippen molar-refractivity contribution in [1.29, 1.82) is 0 Å². The Balaban J connectivity index is 2.67. The second kappa shape index (κ2) is 4.74. The van der Waals surface area contributed by atoms with Crippen LogP contribution in [0.3, 0.4) is 0 Å². The van der Waals surface area contributed by atoms with Gasteiger partial charge in [0.1, 0.15) is 0 Å². The van der Waals surface area contributed by atoms with Crippen LogP contribution < -0.4 is 5.73 Å². The maximum Gasteiger partial charge on any atom is 0.240 e. The highest BCUT2D eigenvalue weighted by Gasteiger charge is 2.34. The van der Waals surface area contributed by atoms with Gasteiger partial charge in [-0.1, -0.05) is 27.7 Å². The minimum absolute atomic E-state index is 0.118. The van der Waals surface area contributed by atoms with Gasteiger partial charge in [0.25, 0.3) is 0 Å². The summed E-state index contributed by atoms with van der Waals surface area (Å²) >= 11 is 0. The van der Waals surface area contributed by atoms with E-state index in [1.54, 1.807) is 0 Å². The third-order valence-corrected chi connectivity index (χ3v) is 3.62. The Morgan fingerprint density at radius 2 is 1.94 bits per heavy atom. The average Bonchev–Trinajstić information content (AvgIpc) is 2.14. The quantitative estimate of drug-likeness (QED) is 0.743. The maximum absolute atomic E-state index is 12.3. The molecular weight excluding hydrogens is 200 g/mol. The van der Waals surface area contributed by atoms with Crippen LogP contribution in [0.4, 0.5) is 0 Å². The van der Waals surface area contributed by atoms with Gasteiger partial charge in [-0.3, -0.25) is 4.79 Å². The Morgan fingerprint density at radius 3 is 2.38 bits per heavy atom. The lowest BCUT2D eigenvalue weighted by Gasteiger charge is -2.40. The normalized spacial score (nSPS) is 29.0. The molecule has 0 spiro atoms. The third-order valence-electron chi connectivity index (χ3n) is 3.62. The van der Waals surface area contributed by atoms with E-state index in [1.165, 1.54) is 0 Å². The molecule has 0 aliphatic carbocycles. The minimum atomic E-state index is -0.386. The average molecular weight is 226 g/mol. The highest BCUT2D eigenvalue weighted by molar-refractivity contribution is 5.82. The van der Waals surface area contributed by atoms with E-state index in [0.717, 1.165) is 25.3 Å². The van der Waals surface area contributed by atoms with Gasteiger partial charge in [-0.25, -0.2) is 0 Å². The molecule has 3 atom stereocenters. The van der Waals surface area contributed by atoms with E-state index in [-0.39, 0.29) is 17.4 Å². The first-order valence-electron chi connectivity index (χ1n) is 6.29. The first kappa shape index (κ1) is 13.5. The number of piperidine rings is 1. The second-order valence-corrected chi connectivity index (χ2v) is 6.35. The number of rotatable bonds is 1. The van der Waals surface area contributed by atoms with Gasteiger partial charge in [0.2, 0.25) is 5.91 Å². The van der Waals surface area contributed by atoms with Gasteiger partial charge in [0.15, 0.2) is 0 Å². The number of hydrogen-bond donors (Lipinski definition) is 1. The molecule has 1 aliphatic rings. The fraction of sp³-hybridized carbons (Fsp3) is 0.923. The van der Waals surface area contributed by atoms with Crippen molar-refractivity contribution in [3.8, 4) is 0 Å². The molecular formula is C13H26N2O. The summed E-state index contributed by atoms with van der Waals surface area (Å²) in [6.07, 6.45) is 2.20. The molecule has 1 fully saturated rings. The topological polar surface area (TPSA) is 46.3 Å². The molecule has 16 heavy (non-hydrogen) atoms. The molecule has 0 aromatic carbocycles. The number of amides is 1. The van der Waals surface area contributed by atoms with E-state index in [0.29, 0.717) is 6.04 Å². The molecule has 1 aliphatic heterocycles. The van der Waals surface area contributed by atoms with Crippen LogP contribution in [0.15, 0.2) is 0 Å². The van der Waals surface area contributed by atoms with Crippen LogP contribution in [0.2, 0.25) is 0 Å². The smallest absolute Gasteiger partial charge is 0.240 e. The maximum atomic E-state index is 12.3. The molecule has 0 aromatic heterocycles. The molecule has 0 saturated carbocycles. The van der Waals surface area contributed by atoms with Crippen molar-refractivity contribution in [2.45, 2.75) is 59.5 Å². The summed E-state index contributed by atoms with van der Waals surface area (Å²) in [7, 11) is 0. The number of carbonyl (C=O) groups is 1. The minimum Gasteiger partial charge on any atom is -0.339 e. The van der Waals surface area contributed by atoms with Crippen LogP contribution in [0.1, 0.15) is 47.5 Å². The number of carbonyl (C=O) groups excluding carboxylic acids is 1. The van der Waals surface area contributed by atoms with Crippen molar-refractivity contribution in [2.75, 3.05) is 6.54 Å². The van der Waals surface area contributed by atoms with Gasteiger partial charge >= 0.3 is 0 Å². The standard InChI is InChI=1S/C13H26N2O/c1-9-6-7-15(10(2)8-9)12(16)11(14)13(3,4)5/h9-11H,6-8,14H2,1-5H3/t9?,10?,11-/m1/s1. The first-order chi connectivity index (χ1) is 7.23. The number of nitrogens with zero attached hydrogens (tertiary/aromatic N) is 1. The molecule has 2 unspecified atom stereocenters. The molecule has 1 saturated heterocycles. The van der Waals surface area contributed by atoms with Gasteiger partial charge in [0.05, 0.1) is 6.04 Å². The zero-order valence-corrected chi connectivity index (χ0v) is 11.3. The van der Waals surface area contributed by atoms with Gasteiger partial charge in [-0.05, 0) is 31.1 Å². The molecule has 3 nitrogen and oxygen atoms in total. The van der Waals surface area contributed by atoms with Crippen molar-refractivity contribution in [3.05, 3.63) is 0 Å². The number of nitrogens with two attached hydrogens (primary N) is 1. The monoisotopic (exact) mass is 226 g/mol. The van der Waals surface area contributed by atoms with Crippen molar-refractivity contribution in [2.24, 2.45) is 17.1 Å². The molecule has 94 valence electrons. The van der Waals surface area contributed by atoms with E-state index in [9.17, 15) is 4.79 Å². The first-order valence-corrected chi connectivity index (χ1v) is 6.29. The van der Waals surface area contributed by atoms with E-state index >= 15 is 0 Å². The summed E-state index contributed by atoms with van der Waals surface area (Å²) in [5, 5.41) is 0. The lowest BCUT2D eigenvalue weighted by atomic mass is 9.85. The Kier molecular flexibility index (Phi) is 4.00. The Hall–Kier alpha value is -0.570. The zero-order chi connectivity index (χ0) is 12.5. The van der Waals surface area contributed by atoms with Crippen LogP contribution in [-0.2, 0) is 4.79 Å². The molecule has 0 radical (unpaired) electrons. The van der Waals surface area contributed by atoms with Gasteiger partial charge < -0.3 is 10.6 Å². The van der Waals surface area contributed by atoms with Crippen LogP contribution in [0, 0.1) is 11.3 Å². The summed E-state index contributed by atoms with van der Waals surface area (Å²) in [6, 6.07) is -0.0481. The predicted octanol–water partition coefficient (Wildman–Crippen LogP) is 2.01.